The standard InChI is InChI=1S/C14H18F3NO2/c1-8(2)12(19)7-13(20)18-11-6-10(14(15,16)17)5-4-9(11)3/h4-6,8,12,19H,7H2,1-3H3,(H,18,20). The predicted octanol–water partition coefficient (Wildman–Crippen LogP) is 3.36. The van der Waals surface area contributed by atoms with Crippen molar-refractivity contribution in [1.29, 1.82) is 0 Å². The van der Waals surface area contributed by atoms with E-state index in [-0.39, 0.29) is 18.0 Å². The molecule has 0 aliphatic rings. The second-order valence-corrected chi connectivity index (χ2v) is 5.09. The van der Waals surface area contributed by atoms with Gasteiger partial charge in [-0.25, -0.2) is 0 Å². The second-order valence-electron chi connectivity index (χ2n) is 5.09. The van der Waals surface area contributed by atoms with E-state index in [2.05, 4.69) is 5.32 Å². The molecule has 1 atom stereocenters. The minimum absolute atomic E-state index is 0.0941. The summed E-state index contributed by atoms with van der Waals surface area (Å²) in [4.78, 5) is 11.7. The lowest BCUT2D eigenvalue weighted by atomic mass is 10.0. The molecule has 0 heterocycles. The second kappa shape index (κ2) is 6.26. The van der Waals surface area contributed by atoms with Crippen molar-refractivity contribution in [3.63, 3.8) is 0 Å². The molecule has 1 aromatic rings. The third kappa shape index (κ3) is 4.52. The van der Waals surface area contributed by atoms with Crippen molar-refractivity contribution in [2.75, 3.05) is 5.32 Å². The maximum Gasteiger partial charge on any atom is 0.416 e. The van der Waals surface area contributed by atoms with Crippen LogP contribution in [0.2, 0.25) is 0 Å². The number of aliphatic hydroxyl groups is 1. The van der Waals surface area contributed by atoms with Gasteiger partial charge >= 0.3 is 6.18 Å². The van der Waals surface area contributed by atoms with E-state index in [0.717, 1.165) is 12.1 Å². The van der Waals surface area contributed by atoms with Gasteiger partial charge in [0.2, 0.25) is 5.91 Å². The molecule has 20 heavy (non-hydrogen) atoms. The van der Waals surface area contributed by atoms with E-state index in [1.807, 2.05) is 0 Å². The fourth-order valence-electron chi connectivity index (χ4n) is 1.56. The molecule has 1 aromatic carbocycles. The van der Waals surface area contributed by atoms with E-state index in [0.29, 0.717) is 5.56 Å². The molecule has 0 aliphatic carbocycles. The van der Waals surface area contributed by atoms with Crippen LogP contribution in [0.4, 0.5) is 18.9 Å². The molecule has 2 N–H and O–H groups in total. The van der Waals surface area contributed by atoms with Gasteiger partial charge in [0.1, 0.15) is 0 Å². The van der Waals surface area contributed by atoms with Crippen molar-refractivity contribution in [3.8, 4) is 0 Å². The van der Waals surface area contributed by atoms with Crippen LogP contribution in [0.5, 0.6) is 0 Å². The third-order valence-corrected chi connectivity index (χ3v) is 3.00. The summed E-state index contributed by atoms with van der Waals surface area (Å²) in [5.41, 5.74) is -0.172. The van der Waals surface area contributed by atoms with Gasteiger partial charge in [0.25, 0.3) is 0 Å². The van der Waals surface area contributed by atoms with Crippen molar-refractivity contribution in [2.45, 2.75) is 39.5 Å². The quantitative estimate of drug-likeness (QED) is 0.893. The van der Waals surface area contributed by atoms with E-state index in [1.165, 1.54) is 6.07 Å². The summed E-state index contributed by atoms with van der Waals surface area (Å²) in [5, 5.41) is 12.0. The molecule has 0 saturated carbocycles. The average Bonchev–Trinajstić information content (AvgIpc) is 2.30. The fraction of sp³-hybridized carbons (Fsp3) is 0.500. The van der Waals surface area contributed by atoms with Crippen LogP contribution in [0.15, 0.2) is 18.2 Å². The predicted molar refractivity (Wildman–Crippen MR) is 70.3 cm³/mol. The Balaban J connectivity index is 2.84. The number of hydrogen-bond acceptors (Lipinski definition) is 2. The van der Waals surface area contributed by atoms with Crippen LogP contribution in [0.1, 0.15) is 31.4 Å². The van der Waals surface area contributed by atoms with Crippen molar-refractivity contribution < 1.29 is 23.1 Å². The van der Waals surface area contributed by atoms with Gasteiger partial charge in [-0.15, -0.1) is 0 Å². The summed E-state index contributed by atoms with van der Waals surface area (Å²) < 4.78 is 37.8. The molecule has 0 fully saturated rings. The summed E-state index contributed by atoms with van der Waals surface area (Å²) in [6.07, 6.45) is -5.42. The smallest absolute Gasteiger partial charge is 0.392 e. The van der Waals surface area contributed by atoms with Crippen LogP contribution in [-0.4, -0.2) is 17.1 Å². The minimum atomic E-state index is -4.45. The largest absolute Gasteiger partial charge is 0.416 e. The molecular weight excluding hydrogens is 271 g/mol. The molecule has 0 aromatic heterocycles. The molecule has 1 unspecified atom stereocenters. The number of amides is 1. The number of anilines is 1. The summed E-state index contributed by atoms with van der Waals surface area (Å²) in [5.74, 6) is -0.600. The Hall–Kier alpha value is -1.56. The number of halogens is 3. The first-order valence-electron chi connectivity index (χ1n) is 6.27. The number of rotatable bonds is 4. The molecule has 0 spiro atoms. The van der Waals surface area contributed by atoms with Crippen LogP contribution in [-0.2, 0) is 11.0 Å². The number of carbonyl (C=O) groups excluding carboxylic acids is 1. The molecule has 0 aliphatic heterocycles. The summed E-state index contributed by atoms with van der Waals surface area (Å²) >= 11 is 0. The van der Waals surface area contributed by atoms with Crippen LogP contribution < -0.4 is 5.32 Å². The van der Waals surface area contributed by atoms with Gasteiger partial charge in [-0.1, -0.05) is 19.9 Å². The number of benzene rings is 1. The van der Waals surface area contributed by atoms with Gasteiger partial charge in [-0.05, 0) is 30.5 Å². The van der Waals surface area contributed by atoms with Crippen LogP contribution >= 0.6 is 0 Å². The summed E-state index contributed by atoms with van der Waals surface area (Å²) in [7, 11) is 0. The van der Waals surface area contributed by atoms with Crippen LogP contribution in [0.3, 0.4) is 0 Å². The molecule has 0 bridgehead atoms. The highest BCUT2D eigenvalue weighted by molar-refractivity contribution is 5.91. The number of nitrogens with one attached hydrogen (secondary N) is 1. The number of hydrogen-bond donors (Lipinski definition) is 2. The molecule has 0 radical (unpaired) electrons. The molecule has 1 amide bonds. The highest BCUT2D eigenvalue weighted by atomic mass is 19.4. The highest BCUT2D eigenvalue weighted by Gasteiger charge is 2.31. The first-order chi connectivity index (χ1) is 9.11. The lowest BCUT2D eigenvalue weighted by molar-refractivity contribution is -0.137. The molecule has 112 valence electrons. The molecule has 1 rings (SSSR count). The van der Waals surface area contributed by atoms with E-state index in [1.54, 1.807) is 20.8 Å². The number of aliphatic hydroxyl groups excluding tert-OH is 1. The van der Waals surface area contributed by atoms with Crippen molar-refractivity contribution in [2.24, 2.45) is 5.92 Å². The monoisotopic (exact) mass is 289 g/mol. The zero-order valence-electron chi connectivity index (χ0n) is 11.6. The van der Waals surface area contributed by atoms with Crippen molar-refractivity contribution in [3.05, 3.63) is 29.3 Å². The lowest BCUT2D eigenvalue weighted by Crippen LogP contribution is -2.24. The SMILES string of the molecule is Cc1ccc(C(F)(F)F)cc1NC(=O)CC(O)C(C)C. The lowest BCUT2D eigenvalue weighted by Gasteiger charge is -2.16. The summed E-state index contributed by atoms with van der Waals surface area (Å²) in [6, 6.07) is 3.17. The number of carbonyl (C=O) groups is 1. The Morgan fingerprint density at radius 3 is 2.45 bits per heavy atom. The Bertz CT molecular complexity index is 484. The zero-order chi connectivity index (χ0) is 15.5. The topological polar surface area (TPSA) is 49.3 Å². The third-order valence-electron chi connectivity index (χ3n) is 3.00. The maximum atomic E-state index is 12.6. The molecule has 6 heteroatoms. The van der Waals surface area contributed by atoms with E-state index in [4.69, 9.17) is 0 Å². The molecule has 3 nitrogen and oxygen atoms in total. The normalized spacial score (nSPS) is 13.4. The molecular formula is C14H18F3NO2. The van der Waals surface area contributed by atoms with Gasteiger partial charge in [-0.2, -0.15) is 13.2 Å². The zero-order valence-corrected chi connectivity index (χ0v) is 11.6. The van der Waals surface area contributed by atoms with Crippen LogP contribution in [0, 0.1) is 12.8 Å². The first-order valence-corrected chi connectivity index (χ1v) is 6.27. The fourth-order valence-corrected chi connectivity index (χ4v) is 1.56. The van der Waals surface area contributed by atoms with Crippen LogP contribution in [0.25, 0.3) is 0 Å². The van der Waals surface area contributed by atoms with Crippen molar-refractivity contribution >= 4 is 11.6 Å². The van der Waals surface area contributed by atoms with Gasteiger partial charge in [0.05, 0.1) is 18.1 Å². The molecule has 0 saturated heterocycles. The van der Waals surface area contributed by atoms with Gasteiger partial charge in [0, 0.05) is 5.69 Å². The number of alkyl halides is 3. The van der Waals surface area contributed by atoms with Gasteiger partial charge < -0.3 is 10.4 Å². The summed E-state index contributed by atoms with van der Waals surface area (Å²) in [6.45, 7) is 5.12. The van der Waals surface area contributed by atoms with Crippen molar-refractivity contribution in [1.82, 2.24) is 0 Å². The average molecular weight is 289 g/mol. The highest BCUT2D eigenvalue weighted by Crippen LogP contribution is 2.32. The minimum Gasteiger partial charge on any atom is -0.392 e. The maximum absolute atomic E-state index is 12.6. The number of aryl methyl sites for hydroxylation is 1. The Morgan fingerprint density at radius 2 is 1.95 bits per heavy atom. The van der Waals surface area contributed by atoms with E-state index in [9.17, 15) is 23.1 Å². The van der Waals surface area contributed by atoms with Gasteiger partial charge in [-0.3, -0.25) is 4.79 Å². The Kier molecular flexibility index (Phi) is 5.16. The van der Waals surface area contributed by atoms with Gasteiger partial charge in [0.15, 0.2) is 0 Å². The first kappa shape index (κ1) is 16.5. The van der Waals surface area contributed by atoms with E-state index >= 15 is 0 Å². The Morgan fingerprint density at radius 1 is 1.35 bits per heavy atom. The van der Waals surface area contributed by atoms with E-state index < -0.39 is 23.8 Å². The Labute approximate surface area is 115 Å².